The zero-order valence-corrected chi connectivity index (χ0v) is 11.5. The molecule has 0 atom stereocenters. The molecule has 100 valence electrons. The first kappa shape index (κ1) is 13.1. The molecule has 1 heterocycles. The fourth-order valence-electron chi connectivity index (χ4n) is 2.53. The lowest BCUT2D eigenvalue weighted by molar-refractivity contribution is 0.0682. The van der Waals surface area contributed by atoms with Crippen molar-refractivity contribution in [3.8, 4) is 0 Å². The third kappa shape index (κ3) is 3.13. The molecule has 1 aromatic rings. The first-order chi connectivity index (χ1) is 8.70. The first-order valence-electron chi connectivity index (χ1n) is 6.62. The van der Waals surface area contributed by atoms with Crippen molar-refractivity contribution in [3.05, 3.63) is 18.3 Å². The van der Waals surface area contributed by atoms with E-state index in [1.54, 1.807) is 0 Å². The molecule has 0 amide bonds. The average Bonchev–Trinajstić information content (AvgIpc) is 2.40. The average molecular weight is 249 g/mol. The van der Waals surface area contributed by atoms with Gasteiger partial charge in [-0.25, -0.2) is 4.98 Å². The van der Waals surface area contributed by atoms with Gasteiger partial charge in [-0.3, -0.25) is 0 Å². The van der Waals surface area contributed by atoms with Crippen LogP contribution in [0.1, 0.15) is 25.7 Å². The minimum Gasteiger partial charge on any atom is -0.381 e. The summed E-state index contributed by atoms with van der Waals surface area (Å²) in [6.45, 7) is 0. The van der Waals surface area contributed by atoms with E-state index in [2.05, 4.69) is 16.4 Å². The van der Waals surface area contributed by atoms with Gasteiger partial charge in [-0.15, -0.1) is 0 Å². The van der Waals surface area contributed by atoms with Crippen LogP contribution in [0.5, 0.6) is 0 Å². The van der Waals surface area contributed by atoms with Crippen molar-refractivity contribution in [1.82, 2.24) is 4.98 Å². The molecule has 0 bridgehead atoms. The minimum absolute atomic E-state index is 0.449. The Morgan fingerprint density at radius 2 is 2.00 bits per heavy atom. The van der Waals surface area contributed by atoms with Crippen LogP contribution in [-0.4, -0.2) is 38.3 Å². The summed E-state index contributed by atoms with van der Waals surface area (Å²) in [6.07, 6.45) is 6.91. The lowest BCUT2D eigenvalue weighted by atomic mass is 9.93. The van der Waals surface area contributed by atoms with Crippen LogP contribution < -0.4 is 10.2 Å². The summed E-state index contributed by atoms with van der Waals surface area (Å²) in [5.74, 6) is 1.01. The highest BCUT2D eigenvalue weighted by atomic mass is 16.5. The number of rotatable bonds is 4. The molecule has 1 aliphatic rings. The predicted octanol–water partition coefficient (Wildman–Crippen LogP) is 2.52. The number of hydrogen-bond acceptors (Lipinski definition) is 4. The molecule has 0 unspecified atom stereocenters. The molecule has 1 saturated carbocycles. The predicted molar refractivity (Wildman–Crippen MR) is 75.2 cm³/mol. The molecular weight excluding hydrogens is 226 g/mol. The Bertz CT molecular complexity index is 373. The van der Waals surface area contributed by atoms with Crippen molar-refractivity contribution in [3.63, 3.8) is 0 Å². The van der Waals surface area contributed by atoms with Crippen molar-refractivity contribution < 1.29 is 4.74 Å². The second kappa shape index (κ2) is 6.05. The summed E-state index contributed by atoms with van der Waals surface area (Å²) in [5.41, 5.74) is 1.13. The maximum absolute atomic E-state index is 5.40. The van der Waals surface area contributed by atoms with Gasteiger partial charge in [-0.05, 0) is 37.8 Å². The van der Waals surface area contributed by atoms with E-state index in [4.69, 9.17) is 4.74 Å². The van der Waals surface area contributed by atoms with Gasteiger partial charge in [0.15, 0.2) is 5.82 Å². The summed E-state index contributed by atoms with van der Waals surface area (Å²) in [7, 11) is 5.86. The van der Waals surface area contributed by atoms with E-state index < -0.39 is 0 Å². The lowest BCUT2D eigenvalue weighted by Crippen LogP contribution is -2.30. The van der Waals surface area contributed by atoms with E-state index in [0.29, 0.717) is 12.1 Å². The van der Waals surface area contributed by atoms with E-state index in [0.717, 1.165) is 24.3 Å². The van der Waals surface area contributed by atoms with Crippen molar-refractivity contribution >= 4 is 11.5 Å². The van der Waals surface area contributed by atoms with Gasteiger partial charge in [0.25, 0.3) is 0 Å². The molecule has 0 radical (unpaired) electrons. The van der Waals surface area contributed by atoms with E-state index in [1.807, 2.05) is 38.4 Å². The summed E-state index contributed by atoms with van der Waals surface area (Å²) >= 11 is 0. The van der Waals surface area contributed by atoms with Gasteiger partial charge in [-0.2, -0.15) is 0 Å². The second-order valence-corrected chi connectivity index (χ2v) is 5.12. The fourth-order valence-corrected chi connectivity index (χ4v) is 2.53. The zero-order valence-electron chi connectivity index (χ0n) is 11.5. The Kier molecular flexibility index (Phi) is 4.42. The molecule has 0 saturated heterocycles. The first-order valence-corrected chi connectivity index (χ1v) is 6.62. The number of anilines is 2. The molecule has 0 aromatic carbocycles. The molecule has 0 spiro atoms. The van der Waals surface area contributed by atoms with Gasteiger partial charge >= 0.3 is 0 Å². The highest BCUT2D eigenvalue weighted by molar-refractivity contribution is 5.65. The van der Waals surface area contributed by atoms with Gasteiger partial charge in [0.1, 0.15) is 0 Å². The second-order valence-electron chi connectivity index (χ2n) is 5.12. The molecule has 1 aromatic heterocycles. The summed E-state index contributed by atoms with van der Waals surface area (Å²) in [5, 5.41) is 3.62. The Morgan fingerprint density at radius 3 is 2.61 bits per heavy atom. The third-order valence-electron chi connectivity index (χ3n) is 3.58. The molecule has 2 rings (SSSR count). The van der Waals surface area contributed by atoms with E-state index in [1.165, 1.54) is 12.8 Å². The van der Waals surface area contributed by atoms with Crippen LogP contribution in [0.25, 0.3) is 0 Å². The highest BCUT2D eigenvalue weighted by Crippen LogP contribution is 2.27. The van der Waals surface area contributed by atoms with Gasteiger partial charge in [-0.1, -0.05) is 0 Å². The number of nitrogens with one attached hydrogen (secondary N) is 1. The quantitative estimate of drug-likeness (QED) is 0.889. The number of pyridine rings is 1. The van der Waals surface area contributed by atoms with Crippen LogP contribution in [0, 0.1) is 0 Å². The third-order valence-corrected chi connectivity index (χ3v) is 3.58. The molecule has 4 nitrogen and oxygen atoms in total. The van der Waals surface area contributed by atoms with Gasteiger partial charge in [0.05, 0.1) is 11.8 Å². The maximum atomic E-state index is 5.40. The van der Waals surface area contributed by atoms with Gasteiger partial charge in [0.2, 0.25) is 0 Å². The molecule has 0 aliphatic heterocycles. The van der Waals surface area contributed by atoms with Crippen LogP contribution in [-0.2, 0) is 4.74 Å². The normalized spacial score (nSPS) is 23.7. The van der Waals surface area contributed by atoms with Gasteiger partial charge < -0.3 is 15.0 Å². The monoisotopic (exact) mass is 249 g/mol. The van der Waals surface area contributed by atoms with Crippen molar-refractivity contribution in [2.24, 2.45) is 0 Å². The molecule has 18 heavy (non-hydrogen) atoms. The number of hydrogen-bond donors (Lipinski definition) is 1. The SMILES string of the molecule is COC1CCC(Nc2cccnc2N(C)C)CC1. The highest BCUT2D eigenvalue weighted by Gasteiger charge is 2.21. The lowest BCUT2D eigenvalue weighted by Gasteiger charge is -2.30. The topological polar surface area (TPSA) is 37.4 Å². The summed E-state index contributed by atoms with van der Waals surface area (Å²) in [6, 6.07) is 4.63. The molecule has 4 heteroatoms. The van der Waals surface area contributed by atoms with E-state index in [-0.39, 0.29) is 0 Å². The Morgan fingerprint density at radius 1 is 1.28 bits per heavy atom. The van der Waals surface area contributed by atoms with Crippen LogP contribution in [0.4, 0.5) is 11.5 Å². The number of ether oxygens (including phenoxy) is 1. The molecular formula is C14H23N3O. The van der Waals surface area contributed by atoms with Crippen molar-refractivity contribution in [1.29, 1.82) is 0 Å². The maximum Gasteiger partial charge on any atom is 0.151 e. The van der Waals surface area contributed by atoms with Crippen LogP contribution in [0.3, 0.4) is 0 Å². The van der Waals surface area contributed by atoms with Gasteiger partial charge in [0, 0.05) is 33.4 Å². The van der Waals surface area contributed by atoms with E-state index >= 15 is 0 Å². The van der Waals surface area contributed by atoms with Crippen molar-refractivity contribution in [2.45, 2.75) is 37.8 Å². The Labute approximate surface area is 109 Å². The fraction of sp³-hybridized carbons (Fsp3) is 0.643. The molecule has 1 aliphatic carbocycles. The Hall–Kier alpha value is -1.29. The van der Waals surface area contributed by atoms with Crippen LogP contribution in [0.15, 0.2) is 18.3 Å². The molecule has 1 N–H and O–H groups in total. The summed E-state index contributed by atoms with van der Waals surface area (Å²) in [4.78, 5) is 6.46. The Balaban J connectivity index is 1.98. The standard InChI is InChI=1S/C14H23N3O/c1-17(2)14-13(5-4-10-15-14)16-11-6-8-12(18-3)9-7-11/h4-5,10-12,16H,6-9H2,1-3H3. The zero-order chi connectivity index (χ0) is 13.0. The van der Waals surface area contributed by atoms with Crippen LogP contribution in [0.2, 0.25) is 0 Å². The summed E-state index contributed by atoms with van der Waals surface area (Å²) < 4.78 is 5.40. The van der Waals surface area contributed by atoms with Crippen LogP contribution >= 0.6 is 0 Å². The molecule has 1 fully saturated rings. The minimum atomic E-state index is 0.449. The number of nitrogens with zero attached hydrogens (tertiary/aromatic N) is 2. The smallest absolute Gasteiger partial charge is 0.151 e. The van der Waals surface area contributed by atoms with E-state index in [9.17, 15) is 0 Å². The number of aromatic nitrogens is 1. The van der Waals surface area contributed by atoms with Crippen molar-refractivity contribution in [2.75, 3.05) is 31.4 Å². The largest absolute Gasteiger partial charge is 0.381 e. The number of methoxy groups -OCH3 is 1.